The molecular formula is C24H29N3O3. The van der Waals surface area contributed by atoms with Crippen molar-refractivity contribution in [3.8, 4) is 11.4 Å². The molecular weight excluding hydrogens is 378 g/mol. The third-order valence-electron chi connectivity index (χ3n) is 5.12. The molecule has 1 aromatic heterocycles. The summed E-state index contributed by atoms with van der Waals surface area (Å²) in [4.78, 5) is 33.0. The SMILES string of the molecule is CCOc1ccccc1-n1c(C(C)N(C)C(=O)C(C)(C)C)nc2ccccc2c1=O. The fourth-order valence-corrected chi connectivity index (χ4v) is 3.46. The molecule has 0 aliphatic rings. The molecule has 0 aliphatic carbocycles. The Kier molecular flexibility index (Phi) is 5.97. The predicted octanol–water partition coefficient (Wildman–Crippen LogP) is 4.35. The van der Waals surface area contributed by atoms with Gasteiger partial charge in [0, 0.05) is 12.5 Å². The summed E-state index contributed by atoms with van der Waals surface area (Å²) < 4.78 is 7.36. The lowest BCUT2D eigenvalue weighted by atomic mass is 9.94. The fourth-order valence-electron chi connectivity index (χ4n) is 3.46. The first-order valence-corrected chi connectivity index (χ1v) is 10.2. The van der Waals surface area contributed by atoms with Crippen LogP contribution in [-0.2, 0) is 4.79 Å². The maximum atomic E-state index is 13.6. The number of para-hydroxylation sites is 3. The number of rotatable bonds is 5. The molecule has 2 aromatic carbocycles. The van der Waals surface area contributed by atoms with Crippen molar-refractivity contribution in [2.75, 3.05) is 13.7 Å². The molecule has 0 bridgehead atoms. The molecule has 0 aliphatic heterocycles. The first-order valence-electron chi connectivity index (χ1n) is 10.2. The van der Waals surface area contributed by atoms with Crippen molar-refractivity contribution >= 4 is 16.8 Å². The second-order valence-corrected chi connectivity index (χ2v) is 8.37. The van der Waals surface area contributed by atoms with Crippen LogP contribution >= 0.6 is 0 Å². The van der Waals surface area contributed by atoms with Crippen molar-refractivity contribution in [1.29, 1.82) is 0 Å². The van der Waals surface area contributed by atoms with Crippen LogP contribution in [0.1, 0.15) is 46.5 Å². The quantitative estimate of drug-likeness (QED) is 0.631. The zero-order valence-electron chi connectivity index (χ0n) is 18.5. The number of hydrogen-bond acceptors (Lipinski definition) is 4. The molecule has 0 saturated heterocycles. The number of amides is 1. The van der Waals surface area contributed by atoms with Gasteiger partial charge in [0.05, 0.1) is 29.2 Å². The molecule has 1 heterocycles. The van der Waals surface area contributed by atoms with Crippen LogP contribution in [0.5, 0.6) is 5.75 Å². The molecule has 1 amide bonds. The van der Waals surface area contributed by atoms with E-state index in [0.29, 0.717) is 34.8 Å². The number of aromatic nitrogens is 2. The second kappa shape index (κ2) is 8.30. The number of hydrogen-bond donors (Lipinski definition) is 0. The molecule has 0 saturated carbocycles. The van der Waals surface area contributed by atoms with E-state index in [1.165, 1.54) is 0 Å². The van der Waals surface area contributed by atoms with Gasteiger partial charge in [0.15, 0.2) is 0 Å². The molecule has 3 rings (SSSR count). The maximum Gasteiger partial charge on any atom is 0.266 e. The number of carbonyl (C=O) groups is 1. The smallest absolute Gasteiger partial charge is 0.266 e. The fraction of sp³-hybridized carbons (Fsp3) is 0.375. The van der Waals surface area contributed by atoms with Gasteiger partial charge in [-0.05, 0) is 38.1 Å². The van der Waals surface area contributed by atoms with E-state index in [-0.39, 0.29) is 11.5 Å². The topological polar surface area (TPSA) is 64.4 Å². The van der Waals surface area contributed by atoms with Gasteiger partial charge < -0.3 is 9.64 Å². The second-order valence-electron chi connectivity index (χ2n) is 8.37. The first-order chi connectivity index (χ1) is 14.2. The van der Waals surface area contributed by atoms with Crippen LogP contribution in [0.3, 0.4) is 0 Å². The van der Waals surface area contributed by atoms with Gasteiger partial charge in [-0.2, -0.15) is 0 Å². The van der Waals surface area contributed by atoms with E-state index in [9.17, 15) is 9.59 Å². The lowest BCUT2D eigenvalue weighted by Crippen LogP contribution is -2.40. The Labute approximate surface area is 177 Å². The normalized spacial score (nSPS) is 12.6. The summed E-state index contributed by atoms with van der Waals surface area (Å²) in [7, 11) is 1.75. The van der Waals surface area contributed by atoms with Crippen LogP contribution in [0, 0.1) is 5.41 Å². The van der Waals surface area contributed by atoms with Crippen LogP contribution < -0.4 is 10.3 Å². The molecule has 6 heteroatoms. The highest BCUT2D eigenvalue weighted by molar-refractivity contribution is 5.82. The van der Waals surface area contributed by atoms with Crippen molar-refractivity contribution in [2.24, 2.45) is 5.41 Å². The van der Waals surface area contributed by atoms with Crippen LogP contribution in [-0.4, -0.2) is 34.0 Å². The van der Waals surface area contributed by atoms with Crippen molar-refractivity contribution in [2.45, 2.75) is 40.7 Å². The Morgan fingerprint density at radius 2 is 1.77 bits per heavy atom. The molecule has 0 radical (unpaired) electrons. The average molecular weight is 408 g/mol. The highest BCUT2D eigenvalue weighted by atomic mass is 16.5. The van der Waals surface area contributed by atoms with Crippen molar-refractivity contribution in [3.05, 3.63) is 64.7 Å². The Hall–Kier alpha value is -3.15. The van der Waals surface area contributed by atoms with Gasteiger partial charge in [-0.15, -0.1) is 0 Å². The molecule has 6 nitrogen and oxygen atoms in total. The molecule has 0 spiro atoms. The van der Waals surface area contributed by atoms with E-state index in [0.717, 1.165) is 0 Å². The standard InChI is InChI=1S/C24H29N3O3/c1-7-30-20-15-11-10-14-19(20)27-21(16(2)26(6)23(29)24(3,4)5)25-18-13-9-8-12-17(18)22(27)28/h8-16H,7H2,1-6H3. The van der Waals surface area contributed by atoms with E-state index >= 15 is 0 Å². The van der Waals surface area contributed by atoms with Gasteiger partial charge in [-0.25, -0.2) is 4.98 Å². The molecule has 1 unspecified atom stereocenters. The van der Waals surface area contributed by atoms with Crippen LogP contribution in [0.2, 0.25) is 0 Å². The van der Waals surface area contributed by atoms with Crippen molar-refractivity contribution in [3.63, 3.8) is 0 Å². The maximum absolute atomic E-state index is 13.6. The minimum atomic E-state index is -0.547. The Morgan fingerprint density at radius 1 is 1.13 bits per heavy atom. The summed E-state index contributed by atoms with van der Waals surface area (Å²) in [5.74, 6) is 1.06. The largest absolute Gasteiger partial charge is 0.492 e. The third kappa shape index (κ3) is 3.95. The van der Waals surface area contributed by atoms with E-state index in [2.05, 4.69) is 0 Å². The molecule has 158 valence electrons. The van der Waals surface area contributed by atoms with Gasteiger partial charge in [0.1, 0.15) is 11.6 Å². The van der Waals surface area contributed by atoms with Crippen molar-refractivity contribution in [1.82, 2.24) is 14.5 Å². The lowest BCUT2D eigenvalue weighted by Gasteiger charge is -2.32. The van der Waals surface area contributed by atoms with E-state index in [1.807, 2.05) is 77.1 Å². The predicted molar refractivity (Wildman–Crippen MR) is 119 cm³/mol. The van der Waals surface area contributed by atoms with E-state index in [1.54, 1.807) is 22.6 Å². The minimum absolute atomic E-state index is 0.0259. The highest BCUT2D eigenvalue weighted by Gasteiger charge is 2.31. The zero-order valence-corrected chi connectivity index (χ0v) is 18.5. The number of nitrogens with zero attached hydrogens (tertiary/aromatic N) is 3. The number of benzene rings is 2. The molecule has 30 heavy (non-hydrogen) atoms. The molecule has 0 N–H and O–H groups in total. The van der Waals surface area contributed by atoms with Crippen LogP contribution in [0.4, 0.5) is 0 Å². The van der Waals surface area contributed by atoms with Gasteiger partial charge in [0.2, 0.25) is 5.91 Å². The van der Waals surface area contributed by atoms with Gasteiger partial charge in [-0.3, -0.25) is 14.2 Å². The summed E-state index contributed by atoms with van der Waals surface area (Å²) in [6, 6.07) is 14.2. The number of ether oxygens (including phenoxy) is 1. The Balaban J connectivity index is 2.30. The summed E-state index contributed by atoms with van der Waals surface area (Å²) in [5, 5.41) is 0.518. The Bertz CT molecular complexity index is 1130. The molecule has 1 atom stereocenters. The molecule has 3 aromatic rings. The van der Waals surface area contributed by atoms with Gasteiger partial charge in [-0.1, -0.05) is 45.0 Å². The number of fused-ring (bicyclic) bond motifs is 1. The van der Waals surface area contributed by atoms with Crippen LogP contribution in [0.15, 0.2) is 53.3 Å². The monoisotopic (exact) mass is 407 g/mol. The third-order valence-corrected chi connectivity index (χ3v) is 5.12. The van der Waals surface area contributed by atoms with Crippen molar-refractivity contribution < 1.29 is 9.53 Å². The van der Waals surface area contributed by atoms with Crippen LogP contribution in [0.25, 0.3) is 16.6 Å². The highest BCUT2D eigenvalue weighted by Crippen LogP contribution is 2.29. The average Bonchev–Trinajstić information content (AvgIpc) is 2.72. The van der Waals surface area contributed by atoms with Gasteiger partial charge >= 0.3 is 0 Å². The summed E-state index contributed by atoms with van der Waals surface area (Å²) in [6.45, 7) is 9.90. The summed E-state index contributed by atoms with van der Waals surface area (Å²) in [5.41, 5.74) is 0.479. The summed E-state index contributed by atoms with van der Waals surface area (Å²) >= 11 is 0. The summed E-state index contributed by atoms with van der Waals surface area (Å²) in [6.07, 6.45) is 0. The molecule has 0 fully saturated rings. The first kappa shape index (κ1) is 21.6. The number of carbonyl (C=O) groups excluding carboxylic acids is 1. The lowest BCUT2D eigenvalue weighted by molar-refractivity contribution is -0.140. The van der Waals surface area contributed by atoms with Gasteiger partial charge in [0.25, 0.3) is 5.56 Å². The van der Waals surface area contributed by atoms with E-state index < -0.39 is 11.5 Å². The zero-order chi connectivity index (χ0) is 22.1. The minimum Gasteiger partial charge on any atom is -0.492 e. The van der Waals surface area contributed by atoms with E-state index in [4.69, 9.17) is 9.72 Å². The Morgan fingerprint density at radius 3 is 2.43 bits per heavy atom.